The van der Waals surface area contributed by atoms with E-state index in [1.807, 2.05) is 6.92 Å². The third kappa shape index (κ3) is 9.09. The van der Waals surface area contributed by atoms with Gasteiger partial charge in [-0.25, -0.2) is 5.48 Å². The molecule has 0 aromatic heterocycles. The Morgan fingerprint density at radius 2 is 1.51 bits per heavy atom. The third-order valence-corrected chi connectivity index (χ3v) is 4.36. The molecule has 0 aliphatic heterocycles. The average Bonchev–Trinajstić information content (AvgIpc) is 2.81. The van der Waals surface area contributed by atoms with Gasteiger partial charge in [-0.05, 0) is 36.8 Å². The molecular weight excluding hydrogens is 486 g/mol. The minimum atomic E-state index is -5.14. The van der Waals surface area contributed by atoms with E-state index in [1.165, 1.54) is 12.1 Å². The number of hydroxylamine groups is 2. The van der Waals surface area contributed by atoms with E-state index in [9.17, 15) is 35.9 Å². The summed E-state index contributed by atoms with van der Waals surface area (Å²) in [5.41, 5.74) is -0.548. The van der Waals surface area contributed by atoms with Crippen LogP contribution in [0.3, 0.4) is 0 Å². The molecule has 2 aromatic carbocycles. The smallest absolute Gasteiger partial charge is 0.379 e. The highest BCUT2D eigenvalue weighted by Gasteiger charge is 2.37. The zero-order chi connectivity index (χ0) is 26.1. The van der Waals surface area contributed by atoms with Crippen LogP contribution in [0, 0.1) is 0 Å². The zero-order valence-electron chi connectivity index (χ0n) is 18.3. The van der Waals surface area contributed by atoms with Crippen LogP contribution in [-0.2, 0) is 26.7 Å². The first-order valence-corrected chi connectivity index (χ1v) is 10.3. The van der Waals surface area contributed by atoms with Gasteiger partial charge >= 0.3 is 12.4 Å². The summed E-state index contributed by atoms with van der Waals surface area (Å²) >= 11 is 0. The van der Waals surface area contributed by atoms with Gasteiger partial charge < -0.3 is 9.57 Å². The molecule has 0 heterocycles. The number of benzene rings is 2. The van der Waals surface area contributed by atoms with Crippen LogP contribution in [0.15, 0.2) is 48.5 Å². The molecule has 1 atom stereocenters. The maximum atomic E-state index is 13.0. The predicted molar refractivity (Wildman–Crippen MR) is 110 cm³/mol. The van der Waals surface area contributed by atoms with Crippen molar-refractivity contribution < 1.29 is 50.3 Å². The summed E-state index contributed by atoms with van der Waals surface area (Å²) in [6.07, 6.45) is -10.4. The fourth-order valence-corrected chi connectivity index (χ4v) is 2.53. The van der Waals surface area contributed by atoms with Crippen LogP contribution in [0.25, 0.3) is 0 Å². The molecule has 0 radical (unpaired) electrons. The number of ether oxygens (including phenoxy) is 1. The highest BCUT2D eigenvalue weighted by Crippen LogP contribution is 2.36. The second-order valence-electron chi connectivity index (χ2n) is 7.14. The summed E-state index contributed by atoms with van der Waals surface area (Å²) in [5, 5.41) is 0. The number of rotatable bonds is 11. The Labute approximate surface area is 196 Å². The van der Waals surface area contributed by atoms with Gasteiger partial charge in [0.1, 0.15) is 0 Å². The SMILES string of the molecule is CCCCOC[C@@H](ONC(=O)c1cc(C(F)(F)F)cc(C(F)(F)F)c1)C(=O)NOc1ccccc1. The van der Waals surface area contributed by atoms with Gasteiger partial charge in [-0.2, -0.15) is 31.8 Å². The van der Waals surface area contributed by atoms with E-state index in [-0.39, 0.29) is 37.2 Å². The molecule has 13 heteroatoms. The van der Waals surface area contributed by atoms with Crippen molar-refractivity contribution in [3.05, 3.63) is 65.2 Å². The van der Waals surface area contributed by atoms with Crippen LogP contribution in [-0.4, -0.2) is 31.1 Å². The highest BCUT2D eigenvalue weighted by molar-refractivity contribution is 5.94. The monoisotopic (exact) mass is 508 g/mol. The van der Waals surface area contributed by atoms with Gasteiger partial charge in [0.2, 0.25) is 0 Å². The van der Waals surface area contributed by atoms with E-state index < -0.39 is 47.0 Å². The van der Waals surface area contributed by atoms with E-state index in [2.05, 4.69) is 5.48 Å². The van der Waals surface area contributed by atoms with Crippen molar-refractivity contribution in [2.45, 2.75) is 38.2 Å². The number of carbonyl (C=O) groups is 2. The Morgan fingerprint density at radius 1 is 0.914 bits per heavy atom. The number of carbonyl (C=O) groups excluding carboxylic acids is 2. The lowest BCUT2D eigenvalue weighted by Gasteiger charge is -2.18. The van der Waals surface area contributed by atoms with Crippen molar-refractivity contribution >= 4 is 11.8 Å². The van der Waals surface area contributed by atoms with Crippen molar-refractivity contribution in [3.63, 3.8) is 0 Å². The van der Waals surface area contributed by atoms with E-state index in [0.717, 1.165) is 6.42 Å². The number of hydrogen-bond acceptors (Lipinski definition) is 5. The number of amides is 2. The van der Waals surface area contributed by atoms with Crippen LogP contribution >= 0.6 is 0 Å². The van der Waals surface area contributed by atoms with Crippen LogP contribution in [0.2, 0.25) is 0 Å². The number of unbranched alkanes of at least 4 members (excludes halogenated alkanes) is 1. The maximum Gasteiger partial charge on any atom is 0.416 e. The minimum Gasteiger partial charge on any atom is -0.379 e. The lowest BCUT2D eigenvalue weighted by molar-refractivity contribution is -0.148. The molecule has 0 saturated carbocycles. The summed E-state index contributed by atoms with van der Waals surface area (Å²) in [6.45, 7) is 1.74. The molecular formula is C22H22F6N2O5. The van der Waals surface area contributed by atoms with Gasteiger partial charge in [0.15, 0.2) is 11.9 Å². The summed E-state index contributed by atoms with van der Waals surface area (Å²) in [6, 6.07) is 8.38. The van der Waals surface area contributed by atoms with E-state index in [4.69, 9.17) is 14.4 Å². The molecule has 7 nitrogen and oxygen atoms in total. The number of nitrogens with one attached hydrogen (secondary N) is 2. The minimum absolute atomic E-state index is 0.115. The molecule has 35 heavy (non-hydrogen) atoms. The number of halogens is 6. The second kappa shape index (κ2) is 12.4. The largest absolute Gasteiger partial charge is 0.416 e. The van der Waals surface area contributed by atoms with Crippen LogP contribution in [0.1, 0.15) is 41.3 Å². The average molecular weight is 508 g/mol. The number of hydrogen-bond donors (Lipinski definition) is 2. The van der Waals surface area contributed by atoms with Crippen molar-refractivity contribution in [2.75, 3.05) is 13.2 Å². The van der Waals surface area contributed by atoms with Crippen molar-refractivity contribution in [2.24, 2.45) is 0 Å². The number of para-hydroxylation sites is 1. The molecule has 2 amide bonds. The van der Waals surface area contributed by atoms with E-state index >= 15 is 0 Å². The van der Waals surface area contributed by atoms with E-state index in [1.54, 1.807) is 23.7 Å². The molecule has 0 aliphatic rings. The molecule has 2 aromatic rings. The lowest BCUT2D eigenvalue weighted by Crippen LogP contribution is -2.45. The number of alkyl halides is 6. The van der Waals surface area contributed by atoms with Crippen LogP contribution < -0.4 is 15.8 Å². The molecule has 2 rings (SSSR count). The fourth-order valence-electron chi connectivity index (χ4n) is 2.53. The molecule has 192 valence electrons. The summed E-state index contributed by atoms with van der Waals surface area (Å²) < 4.78 is 83.5. The highest BCUT2D eigenvalue weighted by atomic mass is 19.4. The Bertz CT molecular complexity index is 950. The van der Waals surface area contributed by atoms with Crippen LogP contribution in [0.5, 0.6) is 5.75 Å². The van der Waals surface area contributed by atoms with Gasteiger partial charge in [-0.1, -0.05) is 31.5 Å². The summed E-state index contributed by atoms with van der Waals surface area (Å²) in [5.74, 6) is -2.10. The Kier molecular flexibility index (Phi) is 9.89. The van der Waals surface area contributed by atoms with Gasteiger partial charge in [-0.3, -0.25) is 14.4 Å². The molecule has 0 bridgehead atoms. The Hall–Kier alpha value is -3.32. The first-order valence-electron chi connectivity index (χ1n) is 10.3. The molecule has 0 saturated heterocycles. The molecule has 0 unspecified atom stereocenters. The van der Waals surface area contributed by atoms with Gasteiger partial charge in [-0.15, -0.1) is 0 Å². The summed E-state index contributed by atoms with van der Waals surface area (Å²) in [7, 11) is 0. The first-order chi connectivity index (χ1) is 16.4. The quantitative estimate of drug-likeness (QED) is 0.262. The predicted octanol–water partition coefficient (Wildman–Crippen LogP) is 4.68. The molecule has 0 spiro atoms. The Balaban J connectivity index is 2.13. The normalized spacial score (nSPS) is 12.7. The molecule has 0 aliphatic carbocycles. The van der Waals surface area contributed by atoms with Crippen molar-refractivity contribution in [1.82, 2.24) is 11.0 Å². The molecule has 2 N–H and O–H groups in total. The van der Waals surface area contributed by atoms with Gasteiger partial charge in [0.05, 0.1) is 17.7 Å². The second-order valence-corrected chi connectivity index (χ2v) is 7.14. The van der Waals surface area contributed by atoms with Crippen molar-refractivity contribution in [1.29, 1.82) is 0 Å². The van der Waals surface area contributed by atoms with E-state index in [0.29, 0.717) is 6.42 Å². The lowest BCUT2D eigenvalue weighted by atomic mass is 10.0. The Morgan fingerprint density at radius 3 is 2.06 bits per heavy atom. The first kappa shape index (κ1) is 27.9. The molecule has 0 fully saturated rings. The van der Waals surface area contributed by atoms with Gasteiger partial charge in [0.25, 0.3) is 11.8 Å². The van der Waals surface area contributed by atoms with Crippen LogP contribution in [0.4, 0.5) is 26.3 Å². The zero-order valence-corrected chi connectivity index (χ0v) is 18.3. The maximum absolute atomic E-state index is 13.0. The standard InChI is InChI=1S/C22H22F6N2O5/c1-2-3-9-33-13-18(20(32)30-34-17-7-5-4-6-8-17)35-29-19(31)14-10-15(21(23,24)25)12-16(11-14)22(26,27)28/h4-8,10-12,18H,2-3,9,13H2,1H3,(H,29,31)(H,30,32)/t18-/m1/s1. The third-order valence-electron chi connectivity index (χ3n) is 4.36. The topological polar surface area (TPSA) is 85.9 Å². The van der Waals surface area contributed by atoms with Gasteiger partial charge in [0, 0.05) is 12.2 Å². The van der Waals surface area contributed by atoms with Crippen molar-refractivity contribution in [3.8, 4) is 5.75 Å². The fraction of sp³-hybridized carbons (Fsp3) is 0.364. The summed E-state index contributed by atoms with van der Waals surface area (Å²) in [4.78, 5) is 34.8.